The molecule has 0 aliphatic rings. The molecule has 0 bridgehead atoms. The molecule has 1 aromatic rings. The molecule has 4 nitrogen and oxygen atoms in total. The van der Waals surface area contributed by atoms with E-state index in [2.05, 4.69) is 4.98 Å². The number of halogens is 1. The van der Waals surface area contributed by atoms with Gasteiger partial charge in [-0.1, -0.05) is 23.4 Å². The van der Waals surface area contributed by atoms with Gasteiger partial charge >= 0.3 is 5.97 Å². The van der Waals surface area contributed by atoms with Crippen molar-refractivity contribution >= 4 is 29.3 Å². The van der Waals surface area contributed by atoms with Crippen LogP contribution in [0.2, 0.25) is 5.02 Å². The van der Waals surface area contributed by atoms with Gasteiger partial charge < -0.3 is 10.2 Å². The van der Waals surface area contributed by atoms with Crippen molar-refractivity contribution in [2.24, 2.45) is 0 Å². The summed E-state index contributed by atoms with van der Waals surface area (Å²) in [4.78, 5) is 14.9. The fourth-order valence-corrected chi connectivity index (χ4v) is 2.40. The Morgan fingerprint density at radius 3 is 2.88 bits per heavy atom. The van der Waals surface area contributed by atoms with Crippen LogP contribution in [0.4, 0.5) is 0 Å². The first kappa shape index (κ1) is 13.3. The highest BCUT2D eigenvalue weighted by atomic mass is 35.5. The topological polar surface area (TPSA) is 70.4 Å². The molecule has 0 aliphatic carbocycles. The van der Waals surface area contributed by atoms with Gasteiger partial charge in [-0.05, 0) is 25.5 Å². The predicted octanol–water partition coefficient (Wildman–Crippen LogP) is 2.05. The number of carboxylic acid groups (broad SMARTS) is 1. The average Bonchev–Trinajstić information content (AvgIpc) is 2.19. The van der Waals surface area contributed by atoms with Crippen molar-refractivity contribution in [2.75, 3.05) is 0 Å². The summed E-state index contributed by atoms with van der Waals surface area (Å²) in [5, 5.41) is 18.3. The summed E-state index contributed by atoms with van der Waals surface area (Å²) in [6.45, 7) is 1.55. The summed E-state index contributed by atoms with van der Waals surface area (Å²) >= 11 is 6.92. The molecule has 0 amide bonds. The van der Waals surface area contributed by atoms with E-state index in [-0.39, 0.29) is 6.42 Å². The number of aliphatic hydroxyl groups is 1. The van der Waals surface area contributed by atoms with E-state index in [0.29, 0.717) is 10.0 Å². The Morgan fingerprint density at radius 1 is 1.69 bits per heavy atom. The second kappa shape index (κ2) is 6.08. The highest BCUT2D eigenvalue weighted by molar-refractivity contribution is 8.00. The first-order valence-corrected chi connectivity index (χ1v) is 5.94. The number of carbonyl (C=O) groups is 1. The van der Waals surface area contributed by atoms with Crippen LogP contribution in [-0.2, 0) is 4.79 Å². The van der Waals surface area contributed by atoms with Crippen LogP contribution in [0.5, 0.6) is 0 Å². The number of thioether (sulfide) groups is 1. The number of aliphatic carboxylic acids is 1. The monoisotopic (exact) mass is 261 g/mol. The van der Waals surface area contributed by atoms with Gasteiger partial charge in [0.05, 0.1) is 11.1 Å². The van der Waals surface area contributed by atoms with Crippen LogP contribution in [0.1, 0.15) is 13.3 Å². The molecule has 16 heavy (non-hydrogen) atoms. The van der Waals surface area contributed by atoms with Gasteiger partial charge in [0, 0.05) is 6.20 Å². The first-order valence-electron chi connectivity index (χ1n) is 4.68. The molecular formula is C10H12ClNO3S. The molecule has 0 saturated heterocycles. The second-order valence-corrected chi connectivity index (χ2v) is 4.92. The molecule has 0 radical (unpaired) electrons. The smallest absolute Gasteiger partial charge is 0.317 e. The molecule has 0 spiro atoms. The van der Waals surface area contributed by atoms with Gasteiger partial charge in [0.15, 0.2) is 0 Å². The minimum Gasteiger partial charge on any atom is -0.480 e. The van der Waals surface area contributed by atoms with Crippen LogP contribution in [-0.4, -0.2) is 32.5 Å². The van der Waals surface area contributed by atoms with Crippen LogP contribution in [0, 0.1) is 0 Å². The molecule has 0 saturated carbocycles. The summed E-state index contributed by atoms with van der Waals surface area (Å²) in [5.74, 6) is -0.979. The van der Waals surface area contributed by atoms with Gasteiger partial charge in [-0.15, -0.1) is 0 Å². The number of hydrogen-bond donors (Lipinski definition) is 2. The quantitative estimate of drug-likeness (QED) is 0.794. The first-order chi connectivity index (χ1) is 7.50. The van der Waals surface area contributed by atoms with Crippen molar-refractivity contribution in [1.82, 2.24) is 4.98 Å². The van der Waals surface area contributed by atoms with E-state index in [4.69, 9.17) is 16.7 Å². The van der Waals surface area contributed by atoms with E-state index in [0.717, 1.165) is 11.8 Å². The van der Waals surface area contributed by atoms with Crippen molar-refractivity contribution in [3.63, 3.8) is 0 Å². The maximum absolute atomic E-state index is 10.9. The molecule has 0 aliphatic heterocycles. The minimum absolute atomic E-state index is 0.160. The zero-order chi connectivity index (χ0) is 12.1. The van der Waals surface area contributed by atoms with E-state index in [9.17, 15) is 9.90 Å². The van der Waals surface area contributed by atoms with Crippen molar-refractivity contribution in [3.05, 3.63) is 23.4 Å². The zero-order valence-corrected chi connectivity index (χ0v) is 10.2. The van der Waals surface area contributed by atoms with Gasteiger partial charge in [-0.2, -0.15) is 0 Å². The Kier molecular flexibility index (Phi) is 5.05. The normalized spacial score (nSPS) is 14.4. The molecule has 0 unspecified atom stereocenters. The number of aliphatic hydroxyl groups excluding tert-OH is 1. The lowest BCUT2D eigenvalue weighted by atomic mass is 10.2. The summed E-state index contributed by atoms with van der Waals surface area (Å²) in [7, 11) is 0. The number of nitrogens with zero attached hydrogens (tertiary/aromatic N) is 1. The number of carboxylic acids is 1. The lowest BCUT2D eigenvalue weighted by molar-refractivity contribution is -0.136. The maximum atomic E-state index is 10.9. The third kappa shape index (κ3) is 4.00. The van der Waals surface area contributed by atoms with Crippen LogP contribution in [0.15, 0.2) is 23.4 Å². The van der Waals surface area contributed by atoms with Crippen LogP contribution in [0.25, 0.3) is 0 Å². The van der Waals surface area contributed by atoms with Gasteiger partial charge in [-0.25, -0.2) is 4.98 Å². The van der Waals surface area contributed by atoms with Crippen LogP contribution < -0.4 is 0 Å². The van der Waals surface area contributed by atoms with Crippen molar-refractivity contribution in [1.29, 1.82) is 0 Å². The van der Waals surface area contributed by atoms with Crippen molar-refractivity contribution < 1.29 is 15.0 Å². The van der Waals surface area contributed by atoms with E-state index >= 15 is 0 Å². The molecular weight excluding hydrogens is 250 g/mol. The molecule has 1 heterocycles. The maximum Gasteiger partial charge on any atom is 0.317 e. The standard InChI is InChI=1S/C10H12ClNO3S/c1-6(13)5-8(10(14)15)16-9-7(11)3-2-4-12-9/h2-4,6,8,13H,5H2,1H3,(H,14,15)/t6-,8-/m1/s1. The number of rotatable bonds is 5. The van der Waals surface area contributed by atoms with Gasteiger partial charge in [0.2, 0.25) is 0 Å². The third-order valence-corrected chi connectivity index (χ3v) is 3.45. The van der Waals surface area contributed by atoms with Crippen LogP contribution in [0.3, 0.4) is 0 Å². The predicted molar refractivity (Wildman–Crippen MR) is 62.8 cm³/mol. The Labute approximate surface area is 103 Å². The number of pyridine rings is 1. The van der Waals surface area contributed by atoms with E-state index in [1.54, 1.807) is 25.3 Å². The molecule has 88 valence electrons. The molecule has 2 N–H and O–H groups in total. The molecule has 1 rings (SSSR count). The summed E-state index contributed by atoms with van der Waals surface area (Å²) in [5.41, 5.74) is 0. The summed E-state index contributed by atoms with van der Waals surface area (Å²) in [6, 6.07) is 3.33. The Hall–Kier alpha value is -0.780. The Bertz CT molecular complexity index is 373. The van der Waals surface area contributed by atoms with E-state index in [1.165, 1.54) is 0 Å². The largest absolute Gasteiger partial charge is 0.480 e. The highest BCUT2D eigenvalue weighted by Gasteiger charge is 2.22. The number of hydrogen-bond acceptors (Lipinski definition) is 4. The van der Waals surface area contributed by atoms with Crippen molar-refractivity contribution in [3.8, 4) is 0 Å². The fraction of sp³-hybridized carbons (Fsp3) is 0.400. The Morgan fingerprint density at radius 2 is 2.38 bits per heavy atom. The second-order valence-electron chi connectivity index (χ2n) is 3.32. The van der Waals surface area contributed by atoms with Gasteiger partial charge in [-0.3, -0.25) is 4.79 Å². The summed E-state index contributed by atoms with van der Waals surface area (Å²) in [6.07, 6.45) is 1.04. The van der Waals surface area contributed by atoms with Crippen LogP contribution >= 0.6 is 23.4 Å². The molecule has 0 aromatic carbocycles. The lowest BCUT2D eigenvalue weighted by Gasteiger charge is -2.13. The van der Waals surface area contributed by atoms with E-state index in [1.807, 2.05) is 0 Å². The highest BCUT2D eigenvalue weighted by Crippen LogP contribution is 2.30. The molecule has 0 fully saturated rings. The fourth-order valence-electron chi connectivity index (χ4n) is 1.10. The zero-order valence-electron chi connectivity index (χ0n) is 8.63. The minimum atomic E-state index is -0.979. The average molecular weight is 262 g/mol. The number of aromatic nitrogens is 1. The van der Waals surface area contributed by atoms with E-state index < -0.39 is 17.3 Å². The summed E-state index contributed by atoms with van der Waals surface area (Å²) < 4.78 is 0. The van der Waals surface area contributed by atoms with Crippen molar-refractivity contribution in [2.45, 2.75) is 29.7 Å². The lowest BCUT2D eigenvalue weighted by Crippen LogP contribution is -2.21. The van der Waals surface area contributed by atoms with Gasteiger partial charge in [0.1, 0.15) is 10.3 Å². The molecule has 1 aromatic heterocycles. The molecule has 6 heteroatoms. The molecule has 2 atom stereocenters. The SMILES string of the molecule is C[C@@H](O)C[C@@H](Sc1ncccc1Cl)C(=O)O. The Balaban J connectivity index is 2.76. The van der Waals surface area contributed by atoms with Gasteiger partial charge in [0.25, 0.3) is 0 Å². The third-order valence-electron chi connectivity index (χ3n) is 1.81.